The number of aryl methyl sites for hydroxylation is 1. The minimum Gasteiger partial charge on any atom is -0.440 e. The average molecular weight is 410 g/mol. The fourth-order valence-electron chi connectivity index (χ4n) is 4.78. The summed E-state index contributed by atoms with van der Waals surface area (Å²) in [6, 6.07) is 11.1. The number of fused-ring (bicyclic) bond motifs is 1. The number of nitrogens with zero attached hydrogens (tertiary/aromatic N) is 5. The van der Waals surface area contributed by atoms with Crippen LogP contribution in [-0.2, 0) is 12.5 Å². The van der Waals surface area contributed by atoms with Gasteiger partial charge in [0.15, 0.2) is 17.3 Å². The zero-order chi connectivity index (χ0) is 19.8. The van der Waals surface area contributed by atoms with Crippen LogP contribution in [0.2, 0.25) is 0 Å². The molecule has 3 heterocycles. The average Bonchev–Trinajstić information content (AvgIpc) is 3.18. The molecule has 1 aromatic carbocycles. The van der Waals surface area contributed by atoms with Crippen molar-refractivity contribution in [3.63, 3.8) is 0 Å². The van der Waals surface area contributed by atoms with E-state index in [1.54, 1.807) is 17.3 Å². The Morgan fingerprint density at radius 1 is 1.24 bits per heavy atom. The number of thioether (sulfide) groups is 1. The molecule has 7 heteroatoms. The third kappa shape index (κ3) is 3.51. The lowest BCUT2D eigenvalue weighted by Gasteiger charge is -2.33. The summed E-state index contributed by atoms with van der Waals surface area (Å²) >= 11 is 1.77. The highest BCUT2D eigenvalue weighted by atomic mass is 32.2. The van der Waals surface area contributed by atoms with Crippen molar-refractivity contribution < 1.29 is 4.42 Å². The Hall–Kier alpha value is -2.12. The number of hydrogen-bond acceptors (Lipinski definition) is 6. The highest BCUT2D eigenvalue weighted by molar-refractivity contribution is 7.99. The molecule has 3 aromatic rings. The van der Waals surface area contributed by atoms with E-state index in [0.717, 1.165) is 41.3 Å². The van der Waals surface area contributed by atoms with E-state index in [1.807, 2.05) is 18.5 Å². The molecule has 0 bridgehead atoms. The van der Waals surface area contributed by atoms with Crippen LogP contribution in [0.1, 0.15) is 30.5 Å². The normalized spacial score (nSPS) is 23.9. The highest BCUT2D eigenvalue weighted by Gasteiger charge is 2.57. The number of likely N-dealkylation sites (tertiary alicyclic amines) is 1. The molecule has 2 aromatic heterocycles. The van der Waals surface area contributed by atoms with Gasteiger partial charge in [0.2, 0.25) is 5.82 Å². The van der Waals surface area contributed by atoms with Crippen LogP contribution in [0.4, 0.5) is 0 Å². The first-order valence-electron chi connectivity index (χ1n) is 10.4. The van der Waals surface area contributed by atoms with Gasteiger partial charge in [-0.2, -0.15) is 0 Å². The molecule has 1 saturated carbocycles. The first kappa shape index (κ1) is 18.9. The van der Waals surface area contributed by atoms with Crippen molar-refractivity contribution in [2.24, 2.45) is 13.0 Å². The second kappa shape index (κ2) is 7.61. The van der Waals surface area contributed by atoms with Crippen LogP contribution < -0.4 is 0 Å². The van der Waals surface area contributed by atoms with Gasteiger partial charge in [-0.3, -0.25) is 0 Å². The largest absolute Gasteiger partial charge is 0.440 e. The minimum atomic E-state index is 0.431. The fourth-order valence-corrected chi connectivity index (χ4v) is 5.62. The van der Waals surface area contributed by atoms with Crippen LogP contribution in [0.5, 0.6) is 0 Å². The first-order valence-corrected chi connectivity index (χ1v) is 11.4. The quantitative estimate of drug-likeness (QED) is 0.435. The van der Waals surface area contributed by atoms with Gasteiger partial charge in [0.05, 0.1) is 5.69 Å². The molecule has 2 fully saturated rings. The molecule has 5 rings (SSSR count). The number of aromatic nitrogens is 4. The van der Waals surface area contributed by atoms with E-state index in [9.17, 15) is 0 Å². The molecule has 0 radical (unpaired) electrons. The monoisotopic (exact) mass is 409 g/mol. The zero-order valence-corrected chi connectivity index (χ0v) is 17.9. The van der Waals surface area contributed by atoms with Gasteiger partial charge >= 0.3 is 0 Å². The molecule has 0 unspecified atom stereocenters. The third-order valence-corrected chi connectivity index (χ3v) is 7.62. The SMILES string of the molecule is Cc1ncoc1-c1nnc(SCCCN2CC[C@H]3C[C@@]3(c3ccccc3)C2)n1C. The lowest BCUT2D eigenvalue weighted by Crippen LogP contribution is -2.39. The van der Waals surface area contributed by atoms with Gasteiger partial charge in [-0.15, -0.1) is 10.2 Å². The second-order valence-electron chi connectivity index (χ2n) is 8.32. The Balaban J connectivity index is 1.14. The molecule has 6 nitrogen and oxygen atoms in total. The summed E-state index contributed by atoms with van der Waals surface area (Å²) in [5.41, 5.74) is 2.81. The molecule has 152 valence electrons. The van der Waals surface area contributed by atoms with Crippen LogP contribution in [-0.4, -0.2) is 50.0 Å². The van der Waals surface area contributed by atoms with Gasteiger partial charge < -0.3 is 13.9 Å². The molecule has 29 heavy (non-hydrogen) atoms. The topological polar surface area (TPSA) is 60.0 Å². The second-order valence-corrected chi connectivity index (χ2v) is 9.38. The molecule has 0 spiro atoms. The van der Waals surface area contributed by atoms with Crippen molar-refractivity contribution in [2.45, 2.75) is 36.8 Å². The van der Waals surface area contributed by atoms with Crippen LogP contribution in [0.15, 0.2) is 46.3 Å². The molecule has 1 aliphatic carbocycles. The van der Waals surface area contributed by atoms with Gasteiger partial charge in [-0.1, -0.05) is 42.1 Å². The zero-order valence-electron chi connectivity index (χ0n) is 17.0. The Morgan fingerprint density at radius 2 is 2.10 bits per heavy atom. The maximum Gasteiger partial charge on any atom is 0.202 e. The van der Waals surface area contributed by atoms with Crippen molar-refractivity contribution in [3.05, 3.63) is 48.0 Å². The number of hydrogen-bond donors (Lipinski definition) is 0. The van der Waals surface area contributed by atoms with Crippen molar-refractivity contribution in [1.29, 1.82) is 0 Å². The van der Waals surface area contributed by atoms with Gasteiger partial charge in [-0.25, -0.2) is 4.98 Å². The van der Waals surface area contributed by atoms with Crippen LogP contribution in [0.3, 0.4) is 0 Å². The lowest BCUT2D eigenvalue weighted by atomic mass is 9.89. The maximum absolute atomic E-state index is 5.46. The summed E-state index contributed by atoms with van der Waals surface area (Å²) in [5.74, 6) is 3.38. The highest BCUT2D eigenvalue weighted by Crippen LogP contribution is 2.58. The number of piperidine rings is 1. The molecule has 0 amide bonds. The predicted molar refractivity (Wildman–Crippen MR) is 114 cm³/mol. The predicted octanol–water partition coefficient (Wildman–Crippen LogP) is 3.92. The third-order valence-electron chi connectivity index (χ3n) is 6.51. The summed E-state index contributed by atoms with van der Waals surface area (Å²) in [6.07, 6.45) is 5.32. The van der Waals surface area contributed by atoms with E-state index in [4.69, 9.17) is 4.42 Å². The van der Waals surface area contributed by atoms with Gasteiger partial charge in [-0.05, 0) is 50.8 Å². The molecule has 2 atom stereocenters. The molecular weight excluding hydrogens is 382 g/mol. The van der Waals surface area contributed by atoms with Crippen LogP contribution in [0.25, 0.3) is 11.6 Å². The smallest absolute Gasteiger partial charge is 0.202 e. The molecule has 0 N–H and O–H groups in total. The summed E-state index contributed by atoms with van der Waals surface area (Å²) in [7, 11) is 1.99. The van der Waals surface area contributed by atoms with E-state index in [1.165, 1.54) is 32.3 Å². The fraction of sp³-hybridized carbons (Fsp3) is 0.500. The Kier molecular flexibility index (Phi) is 4.95. The molecule has 2 aliphatic rings. The maximum atomic E-state index is 5.46. The number of benzene rings is 1. The van der Waals surface area contributed by atoms with E-state index in [2.05, 4.69) is 50.4 Å². The van der Waals surface area contributed by atoms with Gasteiger partial charge in [0.1, 0.15) is 0 Å². The first-order chi connectivity index (χ1) is 14.2. The number of rotatable bonds is 7. The van der Waals surface area contributed by atoms with Crippen LogP contribution >= 0.6 is 11.8 Å². The summed E-state index contributed by atoms with van der Waals surface area (Å²) < 4.78 is 7.46. The van der Waals surface area contributed by atoms with Crippen molar-refractivity contribution in [3.8, 4) is 11.6 Å². The van der Waals surface area contributed by atoms with Crippen molar-refractivity contribution in [1.82, 2.24) is 24.6 Å². The van der Waals surface area contributed by atoms with Gasteiger partial charge in [0, 0.05) is 24.8 Å². The van der Waals surface area contributed by atoms with Crippen LogP contribution in [0, 0.1) is 12.8 Å². The van der Waals surface area contributed by atoms with Crippen molar-refractivity contribution in [2.75, 3.05) is 25.4 Å². The molecule has 1 aliphatic heterocycles. The van der Waals surface area contributed by atoms with Crippen molar-refractivity contribution >= 4 is 11.8 Å². The summed E-state index contributed by atoms with van der Waals surface area (Å²) in [6.45, 7) is 5.53. The Morgan fingerprint density at radius 3 is 2.90 bits per heavy atom. The van der Waals surface area contributed by atoms with E-state index in [0.29, 0.717) is 11.2 Å². The standard InChI is InChI=1S/C22H27N5OS/c1-16-19(28-15-23-16)20-24-25-21(26(20)2)29-12-6-10-27-11-9-18-13-22(18,14-27)17-7-4-3-5-8-17/h3-5,7-8,15,18H,6,9-14H2,1-2H3/t18-,22-/m0/s1. The molecular formula is C22H27N5OS. The number of oxazole rings is 1. The van der Waals surface area contributed by atoms with Gasteiger partial charge in [0.25, 0.3) is 0 Å². The molecule has 1 saturated heterocycles. The minimum absolute atomic E-state index is 0.431. The lowest BCUT2D eigenvalue weighted by molar-refractivity contribution is 0.202. The Labute approximate surface area is 175 Å². The van der Waals surface area contributed by atoms with E-state index < -0.39 is 0 Å². The summed E-state index contributed by atoms with van der Waals surface area (Å²) in [4.78, 5) is 6.81. The Bertz CT molecular complexity index is 984. The van der Waals surface area contributed by atoms with E-state index >= 15 is 0 Å². The van der Waals surface area contributed by atoms with E-state index in [-0.39, 0.29) is 0 Å². The summed E-state index contributed by atoms with van der Waals surface area (Å²) in [5, 5.41) is 9.56.